The zero-order valence-electron chi connectivity index (χ0n) is 13.3. The molecule has 1 saturated heterocycles. The molecule has 2 atom stereocenters. The number of benzene rings is 1. The van der Waals surface area contributed by atoms with Crippen LogP contribution in [0.5, 0.6) is 0 Å². The number of nitrogens with one attached hydrogen (secondary N) is 1. The van der Waals surface area contributed by atoms with Gasteiger partial charge in [-0.1, -0.05) is 30.7 Å². The zero-order valence-corrected chi connectivity index (χ0v) is 14.9. The van der Waals surface area contributed by atoms with Gasteiger partial charge in [0.25, 0.3) is 0 Å². The first kappa shape index (κ1) is 18.8. The van der Waals surface area contributed by atoms with Crippen LogP contribution in [-0.4, -0.2) is 37.6 Å². The van der Waals surface area contributed by atoms with Crippen molar-refractivity contribution in [3.8, 4) is 0 Å². The maximum absolute atomic E-state index is 5.97. The lowest BCUT2D eigenvalue weighted by Gasteiger charge is -2.34. The van der Waals surface area contributed by atoms with E-state index in [9.17, 15) is 0 Å². The summed E-state index contributed by atoms with van der Waals surface area (Å²) in [6.45, 7) is 8.22. The van der Waals surface area contributed by atoms with Crippen LogP contribution in [0.2, 0.25) is 5.02 Å². The second-order valence-electron chi connectivity index (χ2n) is 6.21. The third-order valence-corrected chi connectivity index (χ3v) is 5.07. The van der Waals surface area contributed by atoms with Crippen molar-refractivity contribution < 1.29 is 0 Å². The Morgan fingerprint density at radius 1 is 1.19 bits per heavy atom. The second-order valence-corrected chi connectivity index (χ2v) is 6.65. The van der Waals surface area contributed by atoms with Crippen molar-refractivity contribution in [2.45, 2.75) is 38.6 Å². The highest BCUT2D eigenvalue weighted by Gasteiger charge is 2.22. The van der Waals surface area contributed by atoms with Crippen LogP contribution in [-0.2, 0) is 0 Å². The van der Waals surface area contributed by atoms with Gasteiger partial charge in [-0.2, -0.15) is 0 Å². The van der Waals surface area contributed by atoms with Gasteiger partial charge in [-0.05, 0) is 69.4 Å². The average molecular weight is 331 g/mol. The first-order valence-corrected chi connectivity index (χ1v) is 8.12. The molecule has 1 aromatic carbocycles. The molecule has 0 amide bonds. The number of hydrogen-bond donors (Lipinski definition) is 1. The highest BCUT2D eigenvalue weighted by molar-refractivity contribution is 6.30. The SMILES string of the molecule is CC(c1ccc(Cl)cc1)C(C)N(C)CC1CCNCC1.Cl. The van der Waals surface area contributed by atoms with Crippen LogP contribution in [0, 0.1) is 5.92 Å². The summed E-state index contributed by atoms with van der Waals surface area (Å²) in [6, 6.07) is 8.84. The van der Waals surface area contributed by atoms with E-state index in [1.807, 2.05) is 12.1 Å². The van der Waals surface area contributed by atoms with E-state index in [0.29, 0.717) is 12.0 Å². The van der Waals surface area contributed by atoms with Gasteiger partial charge in [-0.25, -0.2) is 0 Å². The number of rotatable bonds is 5. The summed E-state index contributed by atoms with van der Waals surface area (Å²) in [4.78, 5) is 2.52. The van der Waals surface area contributed by atoms with Gasteiger partial charge in [0.1, 0.15) is 0 Å². The van der Waals surface area contributed by atoms with Crippen LogP contribution in [0.15, 0.2) is 24.3 Å². The normalized spacial score (nSPS) is 19.1. The molecule has 4 heteroatoms. The van der Waals surface area contributed by atoms with Crippen molar-refractivity contribution in [2.24, 2.45) is 5.92 Å². The lowest BCUT2D eigenvalue weighted by Crippen LogP contribution is -2.40. The summed E-state index contributed by atoms with van der Waals surface area (Å²) in [6.07, 6.45) is 2.62. The number of halogens is 2. The molecule has 0 saturated carbocycles. The van der Waals surface area contributed by atoms with Gasteiger partial charge < -0.3 is 10.2 Å². The molecule has 2 nitrogen and oxygen atoms in total. The molecule has 2 rings (SSSR count). The Balaban J connectivity index is 0.00000220. The van der Waals surface area contributed by atoms with Crippen LogP contribution in [0.3, 0.4) is 0 Å². The molecule has 21 heavy (non-hydrogen) atoms. The Bertz CT molecular complexity index is 402. The van der Waals surface area contributed by atoms with Gasteiger partial charge in [0.05, 0.1) is 0 Å². The predicted octanol–water partition coefficient (Wildman–Crippen LogP) is 4.19. The number of hydrogen-bond acceptors (Lipinski definition) is 2. The van der Waals surface area contributed by atoms with Crippen LogP contribution in [0.25, 0.3) is 0 Å². The maximum Gasteiger partial charge on any atom is 0.0406 e. The van der Waals surface area contributed by atoms with Crippen LogP contribution in [0.1, 0.15) is 38.2 Å². The first-order chi connectivity index (χ1) is 9.58. The molecule has 0 bridgehead atoms. The van der Waals surface area contributed by atoms with E-state index in [-0.39, 0.29) is 12.4 Å². The second kappa shape index (κ2) is 8.99. The van der Waals surface area contributed by atoms with Gasteiger partial charge in [0, 0.05) is 17.6 Å². The van der Waals surface area contributed by atoms with E-state index in [2.05, 4.69) is 43.2 Å². The van der Waals surface area contributed by atoms with Crippen LogP contribution < -0.4 is 5.32 Å². The average Bonchev–Trinajstić information content (AvgIpc) is 2.47. The molecule has 1 N–H and O–H groups in total. The topological polar surface area (TPSA) is 15.3 Å². The predicted molar refractivity (Wildman–Crippen MR) is 94.8 cm³/mol. The fraction of sp³-hybridized carbons (Fsp3) is 0.647. The third kappa shape index (κ3) is 5.45. The fourth-order valence-electron chi connectivity index (χ4n) is 3.06. The molecule has 0 aromatic heterocycles. The van der Waals surface area contributed by atoms with E-state index in [0.717, 1.165) is 10.9 Å². The molecule has 120 valence electrons. The Morgan fingerprint density at radius 2 is 1.76 bits per heavy atom. The molecule has 0 radical (unpaired) electrons. The van der Waals surface area contributed by atoms with Crippen molar-refractivity contribution in [3.05, 3.63) is 34.9 Å². The third-order valence-electron chi connectivity index (χ3n) is 4.82. The lowest BCUT2D eigenvalue weighted by molar-refractivity contribution is 0.179. The largest absolute Gasteiger partial charge is 0.317 e. The summed E-state index contributed by atoms with van der Waals surface area (Å²) in [5.41, 5.74) is 1.37. The first-order valence-electron chi connectivity index (χ1n) is 7.74. The van der Waals surface area contributed by atoms with E-state index >= 15 is 0 Å². The van der Waals surface area contributed by atoms with Gasteiger partial charge in [-0.3, -0.25) is 0 Å². The molecule has 1 heterocycles. The van der Waals surface area contributed by atoms with Gasteiger partial charge >= 0.3 is 0 Å². The van der Waals surface area contributed by atoms with Crippen molar-refractivity contribution in [3.63, 3.8) is 0 Å². The molecule has 0 aliphatic carbocycles. The minimum atomic E-state index is 0. The Labute approximate surface area is 140 Å². The van der Waals surface area contributed by atoms with Gasteiger partial charge in [0.15, 0.2) is 0 Å². The quantitative estimate of drug-likeness (QED) is 0.870. The highest BCUT2D eigenvalue weighted by atomic mass is 35.5. The molecule has 1 aliphatic rings. The summed E-state index contributed by atoms with van der Waals surface area (Å²) in [7, 11) is 2.26. The van der Waals surface area contributed by atoms with Crippen molar-refractivity contribution in [2.75, 3.05) is 26.7 Å². The minimum Gasteiger partial charge on any atom is -0.317 e. The van der Waals surface area contributed by atoms with E-state index in [4.69, 9.17) is 11.6 Å². The summed E-state index contributed by atoms with van der Waals surface area (Å²) >= 11 is 5.97. The fourth-order valence-corrected chi connectivity index (χ4v) is 3.19. The van der Waals surface area contributed by atoms with Crippen LogP contribution in [0.4, 0.5) is 0 Å². The molecule has 1 aliphatic heterocycles. The minimum absolute atomic E-state index is 0. The standard InChI is InChI=1S/C17H27ClN2.ClH/c1-13(16-4-6-17(18)7-5-16)14(2)20(3)12-15-8-10-19-11-9-15;/h4-7,13-15,19H,8-12H2,1-3H3;1H. The van der Waals surface area contributed by atoms with Crippen LogP contribution >= 0.6 is 24.0 Å². The highest BCUT2D eigenvalue weighted by Crippen LogP contribution is 2.25. The van der Waals surface area contributed by atoms with Gasteiger partial charge in [0.2, 0.25) is 0 Å². The molecular formula is C17H28Cl2N2. The maximum atomic E-state index is 5.97. The molecule has 1 fully saturated rings. The lowest BCUT2D eigenvalue weighted by atomic mass is 9.91. The molecule has 1 aromatic rings. The van der Waals surface area contributed by atoms with E-state index in [1.54, 1.807) is 0 Å². The number of likely N-dealkylation sites (N-methyl/N-ethyl adjacent to an activating group) is 1. The Morgan fingerprint density at radius 3 is 2.33 bits per heavy atom. The smallest absolute Gasteiger partial charge is 0.0406 e. The van der Waals surface area contributed by atoms with Gasteiger partial charge in [-0.15, -0.1) is 12.4 Å². The number of piperidine rings is 1. The monoisotopic (exact) mass is 330 g/mol. The van der Waals surface area contributed by atoms with Crippen molar-refractivity contribution in [1.82, 2.24) is 10.2 Å². The van der Waals surface area contributed by atoms with Crippen molar-refractivity contribution in [1.29, 1.82) is 0 Å². The summed E-state index contributed by atoms with van der Waals surface area (Å²) in [5, 5.41) is 4.26. The molecule has 2 unspecified atom stereocenters. The van der Waals surface area contributed by atoms with E-state index in [1.165, 1.54) is 38.0 Å². The Kier molecular flexibility index (Phi) is 8.04. The Hall–Kier alpha value is -0.280. The van der Waals surface area contributed by atoms with Crippen molar-refractivity contribution >= 4 is 24.0 Å². The molecular weight excluding hydrogens is 303 g/mol. The molecule has 0 spiro atoms. The van der Waals surface area contributed by atoms with E-state index < -0.39 is 0 Å². The zero-order chi connectivity index (χ0) is 14.5. The summed E-state index contributed by atoms with van der Waals surface area (Å²) in [5.74, 6) is 1.38. The number of nitrogens with zero attached hydrogens (tertiary/aromatic N) is 1. The summed E-state index contributed by atoms with van der Waals surface area (Å²) < 4.78 is 0.